The van der Waals surface area contributed by atoms with E-state index in [1.165, 1.54) is 24.0 Å². The van der Waals surface area contributed by atoms with Crippen molar-refractivity contribution in [3.63, 3.8) is 0 Å². The highest BCUT2D eigenvalue weighted by Gasteiger charge is 2.20. The molecule has 21 heavy (non-hydrogen) atoms. The third-order valence-electron chi connectivity index (χ3n) is 4.62. The van der Waals surface area contributed by atoms with Gasteiger partial charge in [-0.1, -0.05) is 18.6 Å². The van der Waals surface area contributed by atoms with Crippen molar-refractivity contribution in [2.75, 3.05) is 32.8 Å². The Labute approximate surface area is 127 Å². The van der Waals surface area contributed by atoms with E-state index in [1.54, 1.807) is 0 Å². The highest BCUT2D eigenvalue weighted by molar-refractivity contribution is 5.39. The maximum absolute atomic E-state index is 9.41. The number of aliphatic hydroxyl groups excluding tert-OH is 1. The smallest absolute Gasteiger partial charge is 0.122 e. The Morgan fingerprint density at radius 3 is 3.19 bits per heavy atom. The molecule has 1 saturated heterocycles. The number of hydrogen-bond acceptors (Lipinski definition) is 4. The van der Waals surface area contributed by atoms with Gasteiger partial charge in [0.2, 0.25) is 0 Å². The number of nitrogens with one attached hydrogen (secondary N) is 1. The molecule has 2 N–H and O–H groups in total. The van der Waals surface area contributed by atoms with Gasteiger partial charge in [-0.3, -0.25) is 4.90 Å². The number of hydrogen-bond donors (Lipinski definition) is 2. The van der Waals surface area contributed by atoms with Gasteiger partial charge in [0.1, 0.15) is 5.75 Å². The predicted molar refractivity (Wildman–Crippen MR) is 83.6 cm³/mol. The summed E-state index contributed by atoms with van der Waals surface area (Å²) in [6.07, 6.45) is 4.70. The number of aliphatic hydroxyl groups is 1. The fraction of sp³-hybridized carbons (Fsp3) is 0.647. The van der Waals surface area contributed by atoms with Crippen LogP contribution in [0.1, 0.15) is 30.4 Å². The first kappa shape index (κ1) is 14.8. The number of likely N-dealkylation sites (tertiary alicyclic amines) is 1. The predicted octanol–water partition coefficient (Wildman–Crippen LogP) is 1.56. The van der Waals surface area contributed by atoms with Crippen LogP contribution in [0.2, 0.25) is 0 Å². The first-order chi connectivity index (χ1) is 10.4. The minimum absolute atomic E-state index is 0.296. The summed E-state index contributed by atoms with van der Waals surface area (Å²) in [5.74, 6) is 1.05. The lowest BCUT2D eigenvalue weighted by molar-refractivity contribution is 0.0910. The monoisotopic (exact) mass is 290 g/mol. The Bertz CT molecular complexity index is 464. The molecular formula is C17H26N2O2. The molecule has 116 valence electrons. The summed E-state index contributed by atoms with van der Waals surface area (Å²) in [7, 11) is 0. The van der Waals surface area contributed by atoms with Crippen LogP contribution in [0.25, 0.3) is 0 Å². The summed E-state index contributed by atoms with van der Waals surface area (Å²) >= 11 is 0. The molecule has 0 saturated carbocycles. The van der Waals surface area contributed by atoms with Crippen LogP contribution in [0, 0.1) is 0 Å². The fourth-order valence-corrected chi connectivity index (χ4v) is 3.37. The number of rotatable bonds is 6. The summed E-state index contributed by atoms with van der Waals surface area (Å²) < 4.78 is 5.53. The third kappa shape index (κ3) is 3.76. The number of piperidine rings is 1. The van der Waals surface area contributed by atoms with Crippen molar-refractivity contribution >= 4 is 0 Å². The highest BCUT2D eigenvalue weighted by Crippen LogP contribution is 2.25. The van der Waals surface area contributed by atoms with Gasteiger partial charge >= 0.3 is 0 Å². The summed E-state index contributed by atoms with van der Waals surface area (Å²) in [5, 5.41) is 12.9. The van der Waals surface area contributed by atoms with E-state index in [4.69, 9.17) is 4.74 Å². The largest absolute Gasteiger partial charge is 0.493 e. The maximum Gasteiger partial charge on any atom is 0.122 e. The Hall–Kier alpha value is -1.10. The molecule has 4 heteroatoms. The van der Waals surface area contributed by atoms with Crippen LogP contribution >= 0.6 is 0 Å². The van der Waals surface area contributed by atoms with E-state index in [1.807, 2.05) is 0 Å². The quantitative estimate of drug-likeness (QED) is 0.781. The van der Waals surface area contributed by atoms with Crippen LogP contribution in [-0.4, -0.2) is 48.9 Å². The van der Waals surface area contributed by atoms with Crippen molar-refractivity contribution in [1.29, 1.82) is 0 Å². The second-order valence-corrected chi connectivity index (χ2v) is 6.09. The lowest BCUT2D eigenvalue weighted by Crippen LogP contribution is -2.44. The second-order valence-electron chi connectivity index (χ2n) is 6.09. The van der Waals surface area contributed by atoms with Gasteiger partial charge in [0.15, 0.2) is 0 Å². The molecule has 1 atom stereocenters. The fourth-order valence-electron chi connectivity index (χ4n) is 3.37. The van der Waals surface area contributed by atoms with Crippen LogP contribution < -0.4 is 10.1 Å². The zero-order valence-corrected chi connectivity index (χ0v) is 12.7. The van der Waals surface area contributed by atoms with Gasteiger partial charge in [0.05, 0.1) is 13.2 Å². The van der Waals surface area contributed by atoms with E-state index in [2.05, 4.69) is 28.4 Å². The molecule has 3 rings (SSSR count). The summed E-state index contributed by atoms with van der Waals surface area (Å²) in [5.41, 5.74) is 2.67. The molecule has 1 aromatic rings. The first-order valence-corrected chi connectivity index (χ1v) is 8.17. The van der Waals surface area contributed by atoms with Gasteiger partial charge < -0.3 is 15.2 Å². The SMILES string of the molecule is OCC1CCCCN1CCNCc1ccc2c(c1)CCO2. The van der Waals surface area contributed by atoms with Crippen molar-refractivity contribution in [1.82, 2.24) is 10.2 Å². The molecule has 0 radical (unpaired) electrons. The highest BCUT2D eigenvalue weighted by atomic mass is 16.5. The van der Waals surface area contributed by atoms with E-state index in [-0.39, 0.29) is 0 Å². The molecule has 0 bridgehead atoms. The zero-order chi connectivity index (χ0) is 14.5. The molecule has 1 unspecified atom stereocenters. The van der Waals surface area contributed by atoms with E-state index in [0.717, 1.165) is 51.4 Å². The van der Waals surface area contributed by atoms with E-state index in [9.17, 15) is 5.11 Å². The molecule has 1 aromatic carbocycles. The normalized spacial score (nSPS) is 22.0. The summed E-state index contributed by atoms with van der Waals surface area (Å²) in [6, 6.07) is 6.87. The molecule has 0 aliphatic carbocycles. The molecule has 2 aliphatic rings. The van der Waals surface area contributed by atoms with Gasteiger partial charge in [0, 0.05) is 32.1 Å². The van der Waals surface area contributed by atoms with Crippen LogP contribution in [0.3, 0.4) is 0 Å². The van der Waals surface area contributed by atoms with E-state index < -0.39 is 0 Å². The van der Waals surface area contributed by atoms with E-state index >= 15 is 0 Å². The first-order valence-electron chi connectivity index (χ1n) is 8.17. The Kier molecular flexibility index (Phi) is 5.12. The van der Waals surface area contributed by atoms with Crippen molar-refractivity contribution in [2.24, 2.45) is 0 Å². The molecule has 0 amide bonds. The van der Waals surface area contributed by atoms with Crippen LogP contribution in [-0.2, 0) is 13.0 Å². The molecule has 4 nitrogen and oxygen atoms in total. The van der Waals surface area contributed by atoms with Crippen molar-refractivity contribution in [2.45, 2.75) is 38.3 Å². The lowest BCUT2D eigenvalue weighted by Gasteiger charge is -2.34. The summed E-state index contributed by atoms with van der Waals surface area (Å²) in [4.78, 5) is 2.42. The number of benzene rings is 1. The average Bonchev–Trinajstić information content (AvgIpc) is 2.99. The molecule has 1 fully saturated rings. The molecule has 2 aliphatic heterocycles. The number of fused-ring (bicyclic) bond motifs is 1. The third-order valence-corrected chi connectivity index (χ3v) is 4.62. The van der Waals surface area contributed by atoms with Gasteiger partial charge in [-0.25, -0.2) is 0 Å². The van der Waals surface area contributed by atoms with Crippen molar-refractivity contribution in [3.8, 4) is 5.75 Å². The number of nitrogens with zero attached hydrogens (tertiary/aromatic N) is 1. The standard InChI is InChI=1S/C17H26N2O2/c20-13-16-3-1-2-8-19(16)9-7-18-12-14-4-5-17-15(11-14)6-10-21-17/h4-5,11,16,18,20H,1-3,6-10,12-13H2. The van der Waals surface area contributed by atoms with Gasteiger partial charge in [-0.05, 0) is 36.6 Å². The lowest BCUT2D eigenvalue weighted by atomic mass is 10.0. The second kappa shape index (κ2) is 7.25. The molecule has 0 aromatic heterocycles. The van der Waals surface area contributed by atoms with Crippen molar-refractivity contribution < 1.29 is 9.84 Å². The van der Waals surface area contributed by atoms with E-state index in [0.29, 0.717) is 12.6 Å². The van der Waals surface area contributed by atoms with Crippen LogP contribution in [0.5, 0.6) is 5.75 Å². The molecule has 0 spiro atoms. The van der Waals surface area contributed by atoms with Gasteiger partial charge in [0.25, 0.3) is 0 Å². The Morgan fingerprint density at radius 1 is 1.33 bits per heavy atom. The Balaban J connectivity index is 1.41. The topological polar surface area (TPSA) is 44.7 Å². The zero-order valence-electron chi connectivity index (χ0n) is 12.7. The Morgan fingerprint density at radius 2 is 2.29 bits per heavy atom. The van der Waals surface area contributed by atoms with Crippen LogP contribution in [0.4, 0.5) is 0 Å². The minimum Gasteiger partial charge on any atom is -0.493 e. The van der Waals surface area contributed by atoms with Gasteiger partial charge in [-0.2, -0.15) is 0 Å². The van der Waals surface area contributed by atoms with Gasteiger partial charge in [-0.15, -0.1) is 0 Å². The maximum atomic E-state index is 9.41. The average molecular weight is 290 g/mol. The molecular weight excluding hydrogens is 264 g/mol. The molecule has 2 heterocycles. The van der Waals surface area contributed by atoms with Crippen LogP contribution in [0.15, 0.2) is 18.2 Å². The minimum atomic E-state index is 0.296. The number of ether oxygens (including phenoxy) is 1. The summed E-state index contributed by atoms with van der Waals surface area (Å²) in [6.45, 7) is 5.16. The van der Waals surface area contributed by atoms with Crippen molar-refractivity contribution in [3.05, 3.63) is 29.3 Å².